The molecule has 2 N–H and O–H groups in total. The lowest BCUT2D eigenvalue weighted by molar-refractivity contribution is -0.137. The van der Waals surface area contributed by atoms with E-state index in [9.17, 15) is 18.0 Å². The summed E-state index contributed by atoms with van der Waals surface area (Å²) in [4.78, 5) is 15.2. The van der Waals surface area contributed by atoms with E-state index in [4.69, 9.17) is 5.73 Å². The van der Waals surface area contributed by atoms with Crippen molar-refractivity contribution < 1.29 is 22.7 Å². The van der Waals surface area contributed by atoms with Crippen LogP contribution in [0.25, 0.3) is 11.1 Å². The molecule has 1 aromatic carbocycles. The van der Waals surface area contributed by atoms with Gasteiger partial charge in [-0.15, -0.1) is 0 Å². The lowest BCUT2D eigenvalue weighted by Gasteiger charge is -2.09. The maximum Gasteiger partial charge on any atom is 0.416 e. The smallest absolute Gasteiger partial charge is 0.416 e. The maximum atomic E-state index is 12.5. The largest absolute Gasteiger partial charge is 0.464 e. The minimum absolute atomic E-state index is 0.0330. The molecule has 0 spiro atoms. The van der Waals surface area contributed by atoms with E-state index in [2.05, 4.69) is 9.72 Å². The molecule has 0 amide bonds. The zero-order chi connectivity index (χ0) is 15.6. The fourth-order valence-electron chi connectivity index (χ4n) is 1.78. The number of rotatable bonds is 2. The van der Waals surface area contributed by atoms with E-state index in [0.29, 0.717) is 11.1 Å². The molecule has 0 aliphatic heterocycles. The quantitative estimate of drug-likeness (QED) is 0.865. The van der Waals surface area contributed by atoms with Crippen LogP contribution in [0.5, 0.6) is 0 Å². The number of aromatic nitrogens is 1. The molecule has 0 saturated heterocycles. The number of alkyl halides is 3. The second-order valence-corrected chi connectivity index (χ2v) is 4.20. The number of benzene rings is 1. The molecule has 1 heterocycles. The van der Waals surface area contributed by atoms with E-state index in [-0.39, 0.29) is 11.5 Å². The third kappa shape index (κ3) is 3.13. The number of methoxy groups -OCH3 is 1. The SMILES string of the molecule is COC(=O)c1ccc(-c2ccc(C(F)(F)F)cc2)c(N)n1. The van der Waals surface area contributed by atoms with Gasteiger partial charge in [0.05, 0.1) is 12.7 Å². The number of pyridine rings is 1. The molecule has 0 unspecified atom stereocenters. The number of halogens is 3. The van der Waals surface area contributed by atoms with E-state index >= 15 is 0 Å². The van der Waals surface area contributed by atoms with Gasteiger partial charge < -0.3 is 10.5 Å². The summed E-state index contributed by atoms with van der Waals surface area (Å²) >= 11 is 0. The molecule has 2 aromatic rings. The van der Waals surface area contributed by atoms with Crippen LogP contribution < -0.4 is 5.73 Å². The highest BCUT2D eigenvalue weighted by molar-refractivity contribution is 5.89. The van der Waals surface area contributed by atoms with E-state index in [1.165, 1.54) is 31.4 Å². The standard InChI is InChI=1S/C14H11F3N2O2/c1-21-13(20)11-7-6-10(12(18)19-11)8-2-4-9(5-3-8)14(15,16)17/h2-7H,1H3,(H2,18,19). The highest BCUT2D eigenvalue weighted by Gasteiger charge is 2.30. The Morgan fingerprint density at radius 1 is 1.14 bits per heavy atom. The Labute approximate surface area is 118 Å². The molecule has 0 radical (unpaired) electrons. The van der Waals surface area contributed by atoms with Crippen molar-refractivity contribution in [3.8, 4) is 11.1 Å². The van der Waals surface area contributed by atoms with Gasteiger partial charge in [0, 0.05) is 5.56 Å². The predicted molar refractivity (Wildman–Crippen MR) is 70.4 cm³/mol. The minimum atomic E-state index is -4.39. The highest BCUT2D eigenvalue weighted by atomic mass is 19.4. The topological polar surface area (TPSA) is 65.2 Å². The summed E-state index contributed by atoms with van der Waals surface area (Å²) in [6, 6.07) is 7.43. The van der Waals surface area contributed by atoms with E-state index in [0.717, 1.165) is 12.1 Å². The number of carbonyl (C=O) groups is 1. The Bertz CT molecular complexity index is 667. The molecule has 4 nitrogen and oxygen atoms in total. The number of hydrogen-bond acceptors (Lipinski definition) is 4. The first-order valence-corrected chi connectivity index (χ1v) is 5.85. The van der Waals surface area contributed by atoms with Crippen LogP contribution in [0.15, 0.2) is 36.4 Å². The first-order chi connectivity index (χ1) is 9.82. The van der Waals surface area contributed by atoms with Gasteiger partial charge >= 0.3 is 12.1 Å². The van der Waals surface area contributed by atoms with Crippen molar-refractivity contribution in [3.63, 3.8) is 0 Å². The molecular weight excluding hydrogens is 285 g/mol. The fourth-order valence-corrected chi connectivity index (χ4v) is 1.78. The number of nitrogens with zero attached hydrogens (tertiary/aromatic N) is 1. The number of nitrogens with two attached hydrogens (primary N) is 1. The fraction of sp³-hybridized carbons (Fsp3) is 0.143. The molecule has 1 aromatic heterocycles. The predicted octanol–water partition coefficient (Wildman–Crippen LogP) is 3.14. The lowest BCUT2D eigenvalue weighted by atomic mass is 10.0. The molecule has 21 heavy (non-hydrogen) atoms. The number of nitrogen functional groups attached to an aromatic ring is 1. The van der Waals surface area contributed by atoms with Gasteiger partial charge in [-0.05, 0) is 29.8 Å². The number of esters is 1. The van der Waals surface area contributed by atoms with Crippen LogP contribution in [0, 0.1) is 0 Å². The van der Waals surface area contributed by atoms with Gasteiger partial charge in [0.15, 0.2) is 5.69 Å². The van der Waals surface area contributed by atoms with Crippen LogP contribution in [0.4, 0.5) is 19.0 Å². The Balaban J connectivity index is 2.36. The van der Waals surface area contributed by atoms with Gasteiger partial charge in [-0.3, -0.25) is 0 Å². The second kappa shape index (κ2) is 5.43. The number of carbonyl (C=O) groups excluding carboxylic acids is 1. The molecule has 2 rings (SSSR count). The molecule has 110 valence electrons. The van der Waals surface area contributed by atoms with Crippen molar-refractivity contribution in [2.45, 2.75) is 6.18 Å². The molecule has 0 saturated carbocycles. The normalized spacial score (nSPS) is 11.2. The number of ether oxygens (including phenoxy) is 1. The summed E-state index contributed by atoms with van der Waals surface area (Å²) in [5.41, 5.74) is 5.93. The Morgan fingerprint density at radius 3 is 2.24 bits per heavy atom. The molecule has 0 aliphatic carbocycles. The Morgan fingerprint density at radius 2 is 1.76 bits per heavy atom. The first-order valence-electron chi connectivity index (χ1n) is 5.85. The number of hydrogen-bond donors (Lipinski definition) is 1. The first kappa shape index (κ1) is 14.8. The van der Waals surface area contributed by atoms with E-state index in [1.54, 1.807) is 0 Å². The van der Waals surface area contributed by atoms with Crippen molar-refractivity contribution in [2.24, 2.45) is 0 Å². The third-order valence-electron chi connectivity index (χ3n) is 2.84. The molecule has 0 bridgehead atoms. The summed E-state index contributed by atoms with van der Waals surface area (Å²) in [5, 5.41) is 0. The van der Waals surface area contributed by atoms with Crippen LogP contribution in [0.2, 0.25) is 0 Å². The van der Waals surface area contributed by atoms with Crippen molar-refractivity contribution in [3.05, 3.63) is 47.7 Å². The summed E-state index contributed by atoms with van der Waals surface area (Å²) in [6.07, 6.45) is -4.39. The summed E-state index contributed by atoms with van der Waals surface area (Å²) in [7, 11) is 1.21. The Hall–Kier alpha value is -2.57. The summed E-state index contributed by atoms with van der Waals surface area (Å²) < 4.78 is 42.0. The molecule has 7 heteroatoms. The average Bonchev–Trinajstić information content (AvgIpc) is 2.45. The third-order valence-corrected chi connectivity index (χ3v) is 2.84. The van der Waals surface area contributed by atoms with Gasteiger partial charge in [-0.2, -0.15) is 13.2 Å². The average molecular weight is 296 g/mol. The zero-order valence-electron chi connectivity index (χ0n) is 10.9. The summed E-state index contributed by atoms with van der Waals surface area (Å²) in [6.45, 7) is 0. The van der Waals surface area contributed by atoms with Crippen LogP contribution in [-0.4, -0.2) is 18.1 Å². The lowest BCUT2D eigenvalue weighted by Crippen LogP contribution is -2.07. The molecule has 0 aliphatic rings. The Kier molecular flexibility index (Phi) is 3.84. The van der Waals surface area contributed by atoms with Crippen LogP contribution in [-0.2, 0) is 10.9 Å². The zero-order valence-corrected chi connectivity index (χ0v) is 10.9. The second-order valence-electron chi connectivity index (χ2n) is 4.20. The minimum Gasteiger partial charge on any atom is -0.464 e. The van der Waals surface area contributed by atoms with Crippen LogP contribution >= 0.6 is 0 Å². The van der Waals surface area contributed by atoms with Gasteiger partial charge in [0.1, 0.15) is 5.82 Å². The molecule has 0 fully saturated rings. The van der Waals surface area contributed by atoms with E-state index < -0.39 is 17.7 Å². The molecular formula is C14H11F3N2O2. The highest BCUT2D eigenvalue weighted by Crippen LogP contribution is 2.32. The van der Waals surface area contributed by atoms with Crippen molar-refractivity contribution >= 4 is 11.8 Å². The van der Waals surface area contributed by atoms with Crippen LogP contribution in [0.1, 0.15) is 16.1 Å². The molecule has 0 atom stereocenters. The monoisotopic (exact) mass is 296 g/mol. The van der Waals surface area contributed by atoms with Crippen LogP contribution in [0.3, 0.4) is 0 Å². The van der Waals surface area contributed by atoms with Crippen molar-refractivity contribution in [1.82, 2.24) is 4.98 Å². The van der Waals surface area contributed by atoms with Gasteiger partial charge in [-0.25, -0.2) is 9.78 Å². The van der Waals surface area contributed by atoms with Gasteiger partial charge in [0.2, 0.25) is 0 Å². The maximum absolute atomic E-state index is 12.5. The van der Waals surface area contributed by atoms with E-state index in [1.807, 2.05) is 0 Å². The van der Waals surface area contributed by atoms with Crippen molar-refractivity contribution in [2.75, 3.05) is 12.8 Å². The van der Waals surface area contributed by atoms with Gasteiger partial charge in [-0.1, -0.05) is 12.1 Å². The summed E-state index contributed by atoms with van der Waals surface area (Å²) in [5.74, 6) is -0.599. The number of anilines is 1. The van der Waals surface area contributed by atoms with Gasteiger partial charge in [0.25, 0.3) is 0 Å². The van der Waals surface area contributed by atoms with Crippen molar-refractivity contribution in [1.29, 1.82) is 0 Å².